The average Bonchev–Trinajstić information content (AvgIpc) is 3.16. The van der Waals surface area contributed by atoms with Crippen LogP contribution in [0.2, 0.25) is 0 Å². The maximum atomic E-state index is 12.9. The smallest absolute Gasteiger partial charge is 0.252 e. The van der Waals surface area contributed by atoms with Gasteiger partial charge in [0.2, 0.25) is 0 Å². The molecule has 7 nitrogen and oxygen atoms in total. The number of nitrogens with zero attached hydrogens (tertiary/aromatic N) is 2. The fourth-order valence-electron chi connectivity index (χ4n) is 3.62. The minimum atomic E-state index is -0.126. The molecule has 27 heavy (non-hydrogen) atoms. The molecule has 1 aliphatic carbocycles. The number of carbonyl (C=O) groups is 1. The maximum absolute atomic E-state index is 12.9. The van der Waals surface area contributed by atoms with Crippen LogP contribution < -0.4 is 11.1 Å². The number of aromatic amines is 1. The van der Waals surface area contributed by atoms with E-state index in [1.165, 1.54) is 0 Å². The van der Waals surface area contributed by atoms with Crippen LogP contribution in [0, 0.1) is 5.92 Å². The number of hydrogen-bond acceptors (Lipinski definition) is 5. The summed E-state index contributed by atoms with van der Waals surface area (Å²) in [6, 6.07) is 8.81. The largest absolute Gasteiger partial charge is 0.508 e. The van der Waals surface area contributed by atoms with Crippen molar-refractivity contribution in [2.75, 3.05) is 6.54 Å². The Balaban J connectivity index is 1.57. The molecule has 0 spiro atoms. The molecule has 1 aliphatic rings. The number of nitrogens with two attached hydrogens (primary N) is 1. The van der Waals surface area contributed by atoms with Crippen molar-refractivity contribution in [2.24, 2.45) is 11.7 Å². The van der Waals surface area contributed by atoms with Crippen molar-refractivity contribution < 1.29 is 9.90 Å². The maximum Gasteiger partial charge on any atom is 0.252 e. The van der Waals surface area contributed by atoms with Gasteiger partial charge in [0.05, 0.1) is 22.8 Å². The number of rotatable bonds is 4. The van der Waals surface area contributed by atoms with Crippen molar-refractivity contribution in [3.8, 4) is 17.0 Å². The van der Waals surface area contributed by atoms with Gasteiger partial charge in [0.1, 0.15) is 5.75 Å². The minimum absolute atomic E-state index is 0.126. The molecule has 4 rings (SSSR count). The van der Waals surface area contributed by atoms with Gasteiger partial charge in [-0.05, 0) is 61.9 Å². The number of fused-ring (bicyclic) bond motifs is 1. The molecule has 3 aromatic rings. The van der Waals surface area contributed by atoms with Crippen molar-refractivity contribution >= 4 is 16.9 Å². The fraction of sp³-hybridized carbons (Fsp3) is 0.350. The van der Waals surface area contributed by atoms with Crippen molar-refractivity contribution in [1.29, 1.82) is 0 Å². The molecule has 1 amide bonds. The number of amides is 1. The molecule has 0 atom stereocenters. The normalized spacial score (nSPS) is 19.9. The van der Waals surface area contributed by atoms with Crippen molar-refractivity contribution in [2.45, 2.75) is 31.7 Å². The van der Waals surface area contributed by atoms with Gasteiger partial charge in [-0.3, -0.25) is 9.89 Å². The first-order valence-corrected chi connectivity index (χ1v) is 9.27. The Bertz CT molecular complexity index is 943. The average molecular weight is 365 g/mol. The zero-order valence-electron chi connectivity index (χ0n) is 15.0. The molecule has 0 unspecified atom stereocenters. The first-order chi connectivity index (χ1) is 13.1. The molecule has 5 N–H and O–H groups in total. The van der Waals surface area contributed by atoms with Crippen LogP contribution in [0.15, 0.2) is 36.5 Å². The first kappa shape index (κ1) is 17.5. The van der Waals surface area contributed by atoms with Crippen LogP contribution in [0.3, 0.4) is 0 Å². The molecule has 2 heterocycles. The number of phenols is 1. The SMILES string of the molecule is NC1CCC(CNC(=O)c2cc(-c3ccc(O)cc3)nc3[nH]ncc23)CC1. The summed E-state index contributed by atoms with van der Waals surface area (Å²) < 4.78 is 0. The lowest BCUT2D eigenvalue weighted by molar-refractivity contribution is 0.0944. The molecule has 0 saturated heterocycles. The third-order valence-electron chi connectivity index (χ3n) is 5.27. The fourth-order valence-corrected chi connectivity index (χ4v) is 3.62. The Kier molecular flexibility index (Phi) is 4.77. The van der Waals surface area contributed by atoms with Gasteiger partial charge >= 0.3 is 0 Å². The Morgan fingerprint density at radius 2 is 1.96 bits per heavy atom. The van der Waals surface area contributed by atoms with E-state index >= 15 is 0 Å². The highest BCUT2D eigenvalue weighted by Crippen LogP contribution is 2.26. The van der Waals surface area contributed by atoms with E-state index in [2.05, 4.69) is 20.5 Å². The van der Waals surface area contributed by atoms with Gasteiger partial charge in [0.15, 0.2) is 5.65 Å². The van der Waals surface area contributed by atoms with E-state index in [9.17, 15) is 9.90 Å². The van der Waals surface area contributed by atoms with Gasteiger partial charge in [-0.2, -0.15) is 5.10 Å². The van der Waals surface area contributed by atoms with Crippen molar-refractivity contribution in [3.05, 3.63) is 42.1 Å². The number of hydrogen-bond donors (Lipinski definition) is 4. The molecule has 2 aromatic heterocycles. The van der Waals surface area contributed by atoms with E-state index in [0.717, 1.165) is 31.2 Å². The number of phenolic OH excluding ortho intramolecular Hbond substituents is 1. The molecule has 0 aliphatic heterocycles. The van der Waals surface area contributed by atoms with Crippen LogP contribution in [0.1, 0.15) is 36.0 Å². The second-order valence-electron chi connectivity index (χ2n) is 7.23. The summed E-state index contributed by atoms with van der Waals surface area (Å²) in [6.07, 6.45) is 5.77. The lowest BCUT2D eigenvalue weighted by Gasteiger charge is -2.26. The predicted molar refractivity (Wildman–Crippen MR) is 103 cm³/mol. The number of pyridine rings is 1. The van der Waals surface area contributed by atoms with E-state index in [-0.39, 0.29) is 11.7 Å². The van der Waals surface area contributed by atoms with Gasteiger partial charge in [-0.25, -0.2) is 4.98 Å². The van der Waals surface area contributed by atoms with Gasteiger partial charge in [0, 0.05) is 18.2 Å². The van der Waals surface area contributed by atoms with Crippen LogP contribution in [-0.2, 0) is 0 Å². The van der Waals surface area contributed by atoms with Gasteiger partial charge in [-0.1, -0.05) is 0 Å². The quantitative estimate of drug-likeness (QED) is 0.567. The Morgan fingerprint density at radius 3 is 2.70 bits per heavy atom. The Hall–Kier alpha value is -2.93. The van der Waals surface area contributed by atoms with Crippen LogP contribution in [0.25, 0.3) is 22.3 Å². The lowest BCUT2D eigenvalue weighted by atomic mass is 9.86. The van der Waals surface area contributed by atoms with Crippen molar-refractivity contribution in [1.82, 2.24) is 20.5 Å². The highest BCUT2D eigenvalue weighted by Gasteiger charge is 2.20. The predicted octanol–water partition coefficient (Wildman–Crippen LogP) is 2.58. The minimum Gasteiger partial charge on any atom is -0.508 e. The van der Waals surface area contributed by atoms with E-state index in [1.807, 2.05) is 0 Å². The zero-order valence-corrected chi connectivity index (χ0v) is 15.0. The lowest BCUT2D eigenvalue weighted by Crippen LogP contribution is -2.34. The summed E-state index contributed by atoms with van der Waals surface area (Å²) in [5.74, 6) is 0.539. The number of aromatic nitrogens is 3. The molecule has 1 aromatic carbocycles. The summed E-state index contributed by atoms with van der Waals surface area (Å²) >= 11 is 0. The summed E-state index contributed by atoms with van der Waals surface area (Å²) in [4.78, 5) is 17.4. The second kappa shape index (κ2) is 7.36. The Labute approximate surface area is 157 Å². The van der Waals surface area contributed by atoms with Crippen LogP contribution in [0.5, 0.6) is 5.75 Å². The summed E-state index contributed by atoms with van der Waals surface area (Å²) in [5, 5.41) is 20.1. The zero-order chi connectivity index (χ0) is 18.8. The third-order valence-corrected chi connectivity index (χ3v) is 5.27. The van der Waals surface area contributed by atoms with Gasteiger partial charge in [0.25, 0.3) is 5.91 Å². The van der Waals surface area contributed by atoms with Crippen molar-refractivity contribution in [3.63, 3.8) is 0 Å². The molecule has 140 valence electrons. The number of nitrogens with one attached hydrogen (secondary N) is 2. The third kappa shape index (κ3) is 3.78. The number of benzene rings is 1. The van der Waals surface area contributed by atoms with Gasteiger partial charge < -0.3 is 16.2 Å². The molecule has 1 saturated carbocycles. The number of carbonyl (C=O) groups excluding carboxylic acids is 1. The molecule has 1 fully saturated rings. The van der Waals surface area contributed by atoms with Crippen LogP contribution >= 0.6 is 0 Å². The van der Waals surface area contributed by atoms with E-state index in [4.69, 9.17) is 5.73 Å². The standard InChI is InChI=1S/C20H23N5O2/c21-14-5-1-12(2-6-14)10-22-20(27)16-9-18(13-3-7-15(26)8-4-13)24-19-17(16)11-23-25-19/h3-4,7-9,11-12,14,26H,1-2,5-6,10,21H2,(H,22,27)(H,23,24,25). The monoisotopic (exact) mass is 365 g/mol. The molecule has 7 heteroatoms. The summed E-state index contributed by atoms with van der Waals surface area (Å²) in [6.45, 7) is 0.655. The topological polar surface area (TPSA) is 117 Å². The van der Waals surface area contributed by atoms with E-state index < -0.39 is 0 Å². The molecule has 0 bridgehead atoms. The Morgan fingerprint density at radius 1 is 1.22 bits per heavy atom. The first-order valence-electron chi connectivity index (χ1n) is 9.27. The highest BCUT2D eigenvalue weighted by atomic mass is 16.3. The highest BCUT2D eigenvalue weighted by molar-refractivity contribution is 6.06. The van der Waals surface area contributed by atoms with Crippen LogP contribution in [-0.4, -0.2) is 38.8 Å². The van der Waals surface area contributed by atoms with E-state index in [1.54, 1.807) is 36.5 Å². The molecule has 0 radical (unpaired) electrons. The summed E-state index contributed by atoms with van der Waals surface area (Å²) in [7, 11) is 0. The molecular weight excluding hydrogens is 342 g/mol. The number of aromatic hydroxyl groups is 1. The summed E-state index contributed by atoms with van der Waals surface area (Å²) in [5.41, 5.74) is 8.54. The second-order valence-corrected chi connectivity index (χ2v) is 7.23. The number of H-pyrrole nitrogens is 1. The molecular formula is C20H23N5O2. The van der Waals surface area contributed by atoms with Gasteiger partial charge in [-0.15, -0.1) is 0 Å². The van der Waals surface area contributed by atoms with E-state index in [0.29, 0.717) is 40.8 Å². The van der Waals surface area contributed by atoms with Crippen LogP contribution in [0.4, 0.5) is 0 Å².